The molecule has 0 N–H and O–H groups in total. The average molecular weight is 509 g/mol. The fourth-order valence-corrected chi connectivity index (χ4v) is 3.66. The van der Waals surface area contributed by atoms with E-state index in [4.69, 9.17) is 9.47 Å². The van der Waals surface area contributed by atoms with Crippen molar-refractivity contribution in [1.82, 2.24) is 0 Å². The van der Waals surface area contributed by atoms with Crippen LogP contribution in [0, 0.1) is 0 Å². The largest absolute Gasteiger partial charge is 0.438 e. The van der Waals surface area contributed by atoms with E-state index in [0.29, 0.717) is 0 Å². The highest BCUT2D eigenvalue weighted by molar-refractivity contribution is 6.42. The van der Waals surface area contributed by atoms with Gasteiger partial charge in [0.1, 0.15) is 22.6 Å². The lowest BCUT2D eigenvalue weighted by Crippen LogP contribution is -2.19. The third-order valence-corrected chi connectivity index (χ3v) is 5.80. The molecule has 0 bridgehead atoms. The summed E-state index contributed by atoms with van der Waals surface area (Å²) < 4.78 is 11.3. The van der Waals surface area contributed by atoms with Crippen LogP contribution in [-0.4, -0.2) is 40.2 Å². The minimum atomic E-state index is -0.911. The molecule has 7 nitrogen and oxygen atoms in total. The summed E-state index contributed by atoms with van der Waals surface area (Å²) in [5, 5.41) is 0. The number of ketones is 3. The molecule has 7 heteroatoms. The Bertz CT molecular complexity index is 1330. The number of benzene rings is 2. The maximum Gasteiger partial charge on any atom is 0.264 e. The smallest absolute Gasteiger partial charge is 0.264 e. The van der Waals surface area contributed by atoms with Gasteiger partial charge in [0.05, 0.1) is 0 Å². The first-order valence-electron chi connectivity index (χ1n) is 12.1. The number of carbonyl (C=O) groups excluding carboxylic acids is 3. The summed E-state index contributed by atoms with van der Waals surface area (Å²) in [6, 6.07) is 18.8. The fourth-order valence-electron chi connectivity index (χ4n) is 3.66. The lowest BCUT2D eigenvalue weighted by molar-refractivity contribution is -0.111. The average Bonchev–Trinajstić information content (AvgIpc) is 3.36. The number of hydrogen-bond acceptors (Lipinski definition) is 7. The van der Waals surface area contributed by atoms with Gasteiger partial charge in [-0.15, -0.1) is 0 Å². The van der Waals surface area contributed by atoms with Gasteiger partial charge in [0.15, 0.2) is 5.78 Å². The first-order chi connectivity index (χ1) is 18.0. The van der Waals surface area contributed by atoms with Crippen molar-refractivity contribution in [3.63, 3.8) is 0 Å². The summed E-state index contributed by atoms with van der Waals surface area (Å²) in [5.74, 6) is -0.971. The molecule has 0 aliphatic carbocycles. The molecule has 0 atom stereocenters. The highest BCUT2D eigenvalue weighted by Gasteiger charge is 2.38. The molecule has 0 saturated heterocycles. The molecule has 0 unspecified atom stereocenters. The molecule has 0 aromatic heterocycles. The summed E-state index contributed by atoms with van der Waals surface area (Å²) in [5.41, 5.74) is -0.0886. The van der Waals surface area contributed by atoms with E-state index in [0.717, 1.165) is 11.1 Å². The third-order valence-electron chi connectivity index (χ3n) is 5.80. The summed E-state index contributed by atoms with van der Waals surface area (Å²) in [6.07, 6.45) is 8.65. The van der Waals surface area contributed by atoms with Crippen molar-refractivity contribution in [3.8, 4) is 0 Å². The molecule has 0 spiro atoms. The Kier molecular flexibility index (Phi) is 7.48. The van der Waals surface area contributed by atoms with E-state index in [-0.39, 0.29) is 23.3 Å². The van der Waals surface area contributed by atoms with E-state index >= 15 is 0 Å². The number of allylic oxidation sites excluding steroid dienone is 2. The van der Waals surface area contributed by atoms with Gasteiger partial charge in [-0.2, -0.15) is 0 Å². The second-order valence-electron chi connectivity index (χ2n) is 9.79. The molecule has 38 heavy (non-hydrogen) atoms. The molecule has 2 aromatic rings. The van der Waals surface area contributed by atoms with Crippen molar-refractivity contribution >= 4 is 41.3 Å². The molecule has 192 valence electrons. The van der Waals surface area contributed by atoms with Gasteiger partial charge in [0.25, 0.3) is 11.8 Å². The van der Waals surface area contributed by atoms with E-state index in [9.17, 15) is 14.4 Å². The van der Waals surface area contributed by atoms with E-state index in [1.54, 1.807) is 39.8 Å². The molecule has 0 radical (unpaired) electrons. The van der Waals surface area contributed by atoms with Crippen LogP contribution in [0.5, 0.6) is 0 Å². The molecular formula is C31H28N2O5. The zero-order valence-electron chi connectivity index (χ0n) is 21.7. The Morgan fingerprint density at radius 2 is 1.00 bits per heavy atom. The van der Waals surface area contributed by atoms with Crippen molar-refractivity contribution in [2.75, 3.05) is 0 Å². The number of rotatable bonds is 8. The van der Waals surface area contributed by atoms with Gasteiger partial charge < -0.3 is 9.47 Å². The van der Waals surface area contributed by atoms with E-state index in [2.05, 4.69) is 9.98 Å². The van der Waals surface area contributed by atoms with Gasteiger partial charge in [-0.25, -0.2) is 9.98 Å². The van der Waals surface area contributed by atoms with Crippen LogP contribution in [0.4, 0.5) is 0 Å². The van der Waals surface area contributed by atoms with Crippen LogP contribution in [0.15, 0.2) is 106 Å². The number of hydrogen-bond donors (Lipinski definition) is 0. The predicted octanol–water partition coefficient (Wildman–Crippen LogP) is 5.30. The number of ether oxygens (including phenoxy) is 2. The van der Waals surface area contributed by atoms with Gasteiger partial charge in [-0.05, 0) is 51.0 Å². The maximum atomic E-state index is 12.9. The van der Waals surface area contributed by atoms with Crippen molar-refractivity contribution in [1.29, 1.82) is 0 Å². The van der Waals surface area contributed by atoms with Gasteiger partial charge in [0.2, 0.25) is 11.6 Å². The predicted molar refractivity (Wildman–Crippen MR) is 147 cm³/mol. The van der Waals surface area contributed by atoms with Crippen LogP contribution in [-0.2, 0) is 23.9 Å². The second-order valence-corrected chi connectivity index (χ2v) is 9.79. The van der Waals surface area contributed by atoms with Crippen LogP contribution in [0.2, 0.25) is 0 Å². The summed E-state index contributed by atoms with van der Waals surface area (Å²) >= 11 is 0. The monoisotopic (exact) mass is 508 g/mol. The van der Waals surface area contributed by atoms with Crippen LogP contribution >= 0.6 is 0 Å². The number of nitrogens with zero attached hydrogens (tertiary/aromatic N) is 2. The second kappa shape index (κ2) is 10.8. The van der Waals surface area contributed by atoms with Crippen molar-refractivity contribution < 1.29 is 23.9 Å². The van der Waals surface area contributed by atoms with Crippen molar-refractivity contribution in [2.45, 2.75) is 38.8 Å². The summed E-state index contributed by atoms with van der Waals surface area (Å²) in [7, 11) is 0. The highest BCUT2D eigenvalue weighted by Crippen LogP contribution is 2.31. The van der Waals surface area contributed by atoms with Gasteiger partial charge in [0, 0.05) is 12.2 Å². The summed E-state index contributed by atoms with van der Waals surface area (Å²) in [6.45, 7) is 6.98. The van der Waals surface area contributed by atoms with Crippen LogP contribution in [0.1, 0.15) is 38.8 Å². The Labute approximate surface area is 221 Å². The molecule has 0 saturated carbocycles. The fraction of sp³-hybridized carbons (Fsp3) is 0.194. The van der Waals surface area contributed by atoms with Gasteiger partial charge in [-0.3, -0.25) is 14.4 Å². The van der Waals surface area contributed by atoms with E-state index in [1.807, 2.05) is 60.7 Å². The minimum absolute atomic E-state index is 0.0900. The van der Waals surface area contributed by atoms with Gasteiger partial charge in [-0.1, -0.05) is 72.8 Å². The lowest BCUT2D eigenvalue weighted by atomic mass is 10.0. The van der Waals surface area contributed by atoms with E-state index < -0.39 is 28.4 Å². The van der Waals surface area contributed by atoms with Crippen LogP contribution in [0.25, 0.3) is 12.2 Å². The SMILES string of the molecule is CC1(C)N=C(C(=O)/C=C/c2ccccc2)O/C1=C\C(=O)/C=C1/OC(C(=O)/C=C/c2ccccc2)=NC1(C)C. The standard InChI is InChI=1S/C31H28N2O5/c1-30(2)26(37-28(32-30)24(35)17-15-21-11-7-5-8-12-21)19-23(34)20-27-31(3,4)33-29(38-27)25(36)18-16-22-13-9-6-10-14-22/h5-20H,1-4H3/b17-15+,18-16+,26-19-,27-20+. The quantitative estimate of drug-likeness (QED) is 0.451. The molecule has 4 rings (SSSR count). The maximum absolute atomic E-state index is 12.9. The minimum Gasteiger partial charge on any atom is -0.438 e. The molecule has 0 amide bonds. The third kappa shape index (κ3) is 6.37. The van der Waals surface area contributed by atoms with Crippen LogP contribution in [0.3, 0.4) is 0 Å². The first kappa shape index (κ1) is 26.4. The number of aliphatic imine (C=N–C) groups is 2. The van der Waals surface area contributed by atoms with Crippen molar-refractivity contribution in [3.05, 3.63) is 108 Å². The Morgan fingerprint density at radius 3 is 1.37 bits per heavy atom. The Balaban J connectivity index is 1.43. The topological polar surface area (TPSA) is 94.4 Å². The van der Waals surface area contributed by atoms with Crippen molar-refractivity contribution in [2.24, 2.45) is 9.98 Å². The molecule has 2 heterocycles. The molecule has 2 aliphatic heterocycles. The lowest BCUT2D eigenvalue weighted by Gasteiger charge is -2.14. The number of carbonyl (C=O) groups is 3. The summed E-state index contributed by atoms with van der Waals surface area (Å²) in [4.78, 5) is 46.8. The normalized spacial score (nSPS) is 19.9. The molecule has 0 fully saturated rings. The Hall–Kier alpha value is -4.65. The zero-order valence-corrected chi connectivity index (χ0v) is 21.7. The molecular weight excluding hydrogens is 480 g/mol. The Morgan fingerprint density at radius 1 is 0.632 bits per heavy atom. The van der Waals surface area contributed by atoms with Crippen LogP contribution < -0.4 is 0 Å². The molecule has 2 aliphatic rings. The zero-order chi connectivity index (χ0) is 27.3. The molecule has 2 aromatic carbocycles. The van der Waals surface area contributed by atoms with E-state index in [1.165, 1.54) is 24.3 Å². The van der Waals surface area contributed by atoms with Gasteiger partial charge >= 0.3 is 0 Å². The first-order valence-corrected chi connectivity index (χ1v) is 12.1. The highest BCUT2D eigenvalue weighted by atomic mass is 16.5.